The second-order valence-electron chi connectivity index (χ2n) is 4.37. The average molecular weight is 311 g/mol. The maximum absolute atomic E-state index is 13.7. The summed E-state index contributed by atoms with van der Waals surface area (Å²) in [5.41, 5.74) is -4.39. The molecular weight excluding hydrogens is 298 g/mol. The first-order valence-corrected chi connectivity index (χ1v) is 5.71. The number of halogens is 4. The Morgan fingerprint density at radius 2 is 1.62 bits per heavy atom. The second-order valence-corrected chi connectivity index (χ2v) is 4.37. The molecule has 0 unspecified atom stereocenters. The molecule has 0 bridgehead atoms. The van der Waals surface area contributed by atoms with E-state index in [0.717, 1.165) is 12.1 Å². The SMILES string of the molecule is O=C(NC(CO)(CO)CO)c1cccc(C(F)(F)F)c1F. The maximum Gasteiger partial charge on any atom is 0.419 e. The Balaban J connectivity index is 3.15. The van der Waals surface area contributed by atoms with Crippen LogP contribution in [-0.4, -0.2) is 46.6 Å². The van der Waals surface area contributed by atoms with Crippen LogP contribution in [0.25, 0.3) is 0 Å². The molecule has 5 nitrogen and oxygen atoms in total. The third kappa shape index (κ3) is 3.69. The van der Waals surface area contributed by atoms with E-state index in [2.05, 4.69) is 0 Å². The summed E-state index contributed by atoms with van der Waals surface area (Å²) >= 11 is 0. The number of hydrogen-bond acceptors (Lipinski definition) is 4. The lowest BCUT2D eigenvalue weighted by Gasteiger charge is -2.28. The van der Waals surface area contributed by atoms with Crippen LogP contribution >= 0.6 is 0 Å². The number of rotatable bonds is 5. The Kier molecular flexibility index (Phi) is 5.26. The Morgan fingerprint density at radius 3 is 2.05 bits per heavy atom. The summed E-state index contributed by atoms with van der Waals surface area (Å²) in [6, 6.07) is 2.14. The van der Waals surface area contributed by atoms with Gasteiger partial charge in [0.15, 0.2) is 0 Å². The molecule has 0 aliphatic heterocycles. The monoisotopic (exact) mass is 311 g/mol. The molecule has 9 heteroatoms. The van der Waals surface area contributed by atoms with Crippen LogP contribution in [-0.2, 0) is 6.18 Å². The fraction of sp³-hybridized carbons (Fsp3) is 0.417. The standard InChI is InChI=1S/C12H13F4NO4/c13-9-7(2-1-3-8(9)12(14,15)16)10(21)17-11(4-18,5-19)6-20/h1-3,18-20H,4-6H2,(H,17,21). The van der Waals surface area contributed by atoms with Gasteiger partial charge in [0.05, 0.1) is 30.9 Å². The number of alkyl halides is 3. The molecular formula is C12H13F4NO4. The van der Waals surface area contributed by atoms with Gasteiger partial charge in [-0.05, 0) is 12.1 Å². The fourth-order valence-electron chi connectivity index (χ4n) is 1.50. The highest BCUT2D eigenvalue weighted by Gasteiger charge is 2.37. The van der Waals surface area contributed by atoms with Crippen molar-refractivity contribution in [1.29, 1.82) is 0 Å². The highest BCUT2D eigenvalue weighted by molar-refractivity contribution is 5.95. The summed E-state index contributed by atoms with van der Waals surface area (Å²) in [7, 11) is 0. The van der Waals surface area contributed by atoms with E-state index < -0.39 is 54.4 Å². The van der Waals surface area contributed by atoms with Crippen molar-refractivity contribution in [3.63, 3.8) is 0 Å². The molecule has 0 spiro atoms. The normalized spacial score (nSPS) is 12.3. The predicted octanol–water partition coefficient (Wildman–Crippen LogP) is 0.290. The van der Waals surface area contributed by atoms with E-state index >= 15 is 0 Å². The lowest BCUT2D eigenvalue weighted by atomic mass is 10.0. The molecule has 0 atom stereocenters. The van der Waals surface area contributed by atoms with Crippen molar-refractivity contribution in [2.75, 3.05) is 19.8 Å². The van der Waals surface area contributed by atoms with E-state index in [1.165, 1.54) is 0 Å². The van der Waals surface area contributed by atoms with E-state index in [1.54, 1.807) is 0 Å². The van der Waals surface area contributed by atoms with Gasteiger partial charge in [0.2, 0.25) is 0 Å². The summed E-state index contributed by atoms with van der Waals surface area (Å²) in [5, 5.41) is 29.0. The number of hydrogen-bond donors (Lipinski definition) is 4. The van der Waals surface area contributed by atoms with Gasteiger partial charge in [-0.15, -0.1) is 0 Å². The summed E-state index contributed by atoms with van der Waals surface area (Å²) in [6.07, 6.45) is -4.97. The summed E-state index contributed by atoms with van der Waals surface area (Å²) in [4.78, 5) is 11.8. The molecule has 0 aliphatic rings. The molecule has 0 saturated heterocycles. The van der Waals surface area contributed by atoms with Gasteiger partial charge in [-0.3, -0.25) is 4.79 Å². The maximum atomic E-state index is 13.7. The van der Waals surface area contributed by atoms with Gasteiger partial charge in [0.25, 0.3) is 5.91 Å². The number of aliphatic hydroxyl groups excluding tert-OH is 3. The number of carbonyl (C=O) groups excluding carboxylic acids is 1. The molecule has 1 aromatic rings. The van der Waals surface area contributed by atoms with Gasteiger partial charge in [0.1, 0.15) is 11.4 Å². The van der Waals surface area contributed by atoms with E-state index in [0.29, 0.717) is 6.07 Å². The van der Waals surface area contributed by atoms with Gasteiger partial charge in [-0.2, -0.15) is 13.2 Å². The first-order valence-electron chi connectivity index (χ1n) is 5.71. The molecule has 118 valence electrons. The lowest BCUT2D eigenvalue weighted by Crippen LogP contribution is -2.57. The van der Waals surface area contributed by atoms with Crippen LogP contribution in [0.5, 0.6) is 0 Å². The molecule has 21 heavy (non-hydrogen) atoms. The van der Waals surface area contributed by atoms with Crippen LogP contribution in [0.4, 0.5) is 17.6 Å². The third-order valence-corrected chi connectivity index (χ3v) is 2.84. The van der Waals surface area contributed by atoms with Crippen LogP contribution in [0.15, 0.2) is 18.2 Å². The third-order valence-electron chi connectivity index (χ3n) is 2.84. The molecule has 0 radical (unpaired) electrons. The van der Waals surface area contributed by atoms with Crippen molar-refractivity contribution in [1.82, 2.24) is 5.32 Å². The first kappa shape index (κ1) is 17.3. The largest absolute Gasteiger partial charge is 0.419 e. The van der Waals surface area contributed by atoms with Gasteiger partial charge >= 0.3 is 6.18 Å². The molecule has 1 aromatic carbocycles. The van der Waals surface area contributed by atoms with Gasteiger partial charge in [-0.25, -0.2) is 4.39 Å². The van der Waals surface area contributed by atoms with Crippen molar-refractivity contribution < 1.29 is 37.7 Å². The Morgan fingerprint density at radius 1 is 1.10 bits per heavy atom. The average Bonchev–Trinajstić information content (AvgIpc) is 2.43. The number of nitrogens with one attached hydrogen (secondary N) is 1. The smallest absolute Gasteiger partial charge is 0.394 e. The molecule has 4 N–H and O–H groups in total. The van der Waals surface area contributed by atoms with Crippen LogP contribution in [0.3, 0.4) is 0 Å². The zero-order chi connectivity index (χ0) is 16.3. The zero-order valence-corrected chi connectivity index (χ0v) is 10.6. The minimum atomic E-state index is -4.97. The second kappa shape index (κ2) is 6.37. The van der Waals surface area contributed by atoms with Gasteiger partial charge < -0.3 is 20.6 Å². The van der Waals surface area contributed by atoms with Crippen molar-refractivity contribution >= 4 is 5.91 Å². The van der Waals surface area contributed by atoms with E-state index in [9.17, 15) is 22.4 Å². The Hall–Kier alpha value is -1.71. The number of benzene rings is 1. The Labute approximate surface area is 116 Å². The number of aliphatic hydroxyl groups is 3. The van der Waals surface area contributed by atoms with Crippen molar-refractivity contribution in [3.8, 4) is 0 Å². The topological polar surface area (TPSA) is 89.8 Å². The van der Waals surface area contributed by atoms with Crippen molar-refractivity contribution in [3.05, 3.63) is 35.1 Å². The van der Waals surface area contributed by atoms with Crippen LogP contribution in [0.2, 0.25) is 0 Å². The number of amides is 1. The van der Waals surface area contributed by atoms with E-state index in [-0.39, 0.29) is 0 Å². The van der Waals surface area contributed by atoms with Crippen LogP contribution in [0.1, 0.15) is 15.9 Å². The molecule has 0 heterocycles. The van der Waals surface area contributed by atoms with Gasteiger partial charge in [0, 0.05) is 0 Å². The fourth-order valence-corrected chi connectivity index (χ4v) is 1.50. The minimum absolute atomic E-state index is 0.476. The molecule has 0 saturated carbocycles. The molecule has 1 rings (SSSR count). The van der Waals surface area contributed by atoms with E-state index in [1.807, 2.05) is 5.32 Å². The van der Waals surface area contributed by atoms with Crippen LogP contribution in [0, 0.1) is 5.82 Å². The molecule has 0 fully saturated rings. The summed E-state index contributed by atoms with van der Waals surface area (Å²) in [5.74, 6) is -3.07. The van der Waals surface area contributed by atoms with E-state index in [4.69, 9.17) is 15.3 Å². The quantitative estimate of drug-likeness (QED) is 0.589. The Bertz CT molecular complexity index is 506. The minimum Gasteiger partial charge on any atom is -0.394 e. The predicted molar refractivity (Wildman–Crippen MR) is 62.9 cm³/mol. The lowest BCUT2D eigenvalue weighted by molar-refractivity contribution is -0.140. The molecule has 0 aliphatic carbocycles. The zero-order valence-electron chi connectivity index (χ0n) is 10.6. The summed E-state index contributed by atoms with van der Waals surface area (Å²) in [6.45, 7) is -2.65. The molecule has 1 amide bonds. The highest BCUT2D eigenvalue weighted by Crippen LogP contribution is 2.32. The highest BCUT2D eigenvalue weighted by atomic mass is 19.4. The van der Waals surface area contributed by atoms with Crippen molar-refractivity contribution in [2.45, 2.75) is 11.7 Å². The number of carbonyl (C=O) groups is 1. The molecule has 0 aromatic heterocycles. The summed E-state index contributed by atoms with van der Waals surface area (Å²) < 4.78 is 51.3. The first-order chi connectivity index (χ1) is 9.70. The van der Waals surface area contributed by atoms with Gasteiger partial charge in [-0.1, -0.05) is 6.07 Å². The van der Waals surface area contributed by atoms with Crippen molar-refractivity contribution in [2.24, 2.45) is 0 Å². The van der Waals surface area contributed by atoms with Crippen LogP contribution < -0.4 is 5.32 Å².